The van der Waals surface area contributed by atoms with E-state index in [0.717, 1.165) is 61.9 Å². The summed E-state index contributed by atoms with van der Waals surface area (Å²) < 4.78 is 6.08. The lowest BCUT2D eigenvalue weighted by Crippen LogP contribution is -2.52. The highest BCUT2D eigenvalue weighted by atomic mass is 35.5. The number of carbonyl (C=O) groups excluding carboxylic acids is 1. The third-order valence-electron chi connectivity index (χ3n) is 6.97. The van der Waals surface area contributed by atoms with Gasteiger partial charge in [-0.05, 0) is 55.7 Å². The standard InChI is InChI=1S/C21H27ClN2O2/c22-16-6-4-15(5-7-16)21(8-1-9-21)20(25)23-17-10-18-13-26-19(14-2-3-14)12-24(18)11-17/h4-7,14,17-19H,1-3,8-13H2,(H,23,25)/t17-,18-,19-/m0/s1. The normalized spacial score (nSPS) is 33.3. The molecule has 0 aromatic heterocycles. The summed E-state index contributed by atoms with van der Waals surface area (Å²) in [5, 5.41) is 4.11. The minimum Gasteiger partial charge on any atom is -0.375 e. The second-order valence-electron chi connectivity index (χ2n) is 8.67. The summed E-state index contributed by atoms with van der Waals surface area (Å²) in [6.45, 7) is 2.85. The number of carbonyl (C=O) groups is 1. The molecule has 0 unspecified atom stereocenters. The lowest BCUT2D eigenvalue weighted by atomic mass is 9.63. The van der Waals surface area contributed by atoms with Crippen LogP contribution in [0.25, 0.3) is 0 Å². The minimum atomic E-state index is -0.346. The summed E-state index contributed by atoms with van der Waals surface area (Å²) in [5.41, 5.74) is 0.763. The van der Waals surface area contributed by atoms with Gasteiger partial charge in [0.2, 0.25) is 5.91 Å². The van der Waals surface area contributed by atoms with Crippen molar-refractivity contribution in [1.82, 2.24) is 10.2 Å². The molecule has 1 aromatic carbocycles. The van der Waals surface area contributed by atoms with Crippen molar-refractivity contribution in [3.05, 3.63) is 34.9 Å². The Morgan fingerprint density at radius 1 is 1.19 bits per heavy atom. The van der Waals surface area contributed by atoms with Crippen molar-refractivity contribution >= 4 is 17.5 Å². The van der Waals surface area contributed by atoms with Crippen LogP contribution in [0.1, 0.15) is 44.1 Å². The fourth-order valence-electron chi connectivity index (χ4n) is 5.03. The van der Waals surface area contributed by atoms with Gasteiger partial charge in [-0.15, -0.1) is 0 Å². The van der Waals surface area contributed by atoms with Crippen LogP contribution in [0.2, 0.25) is 5.02 Å². The molecule has 4 nitrogen and oxygen atoms in total. The van der Waals surface area contributed by atoms with Crippen molar-refractivity contribution in [2.24, 2.45) is 5.92 Å². The van der Waals surface area contributed by atoms with Crippen LogP contribution in [0.4, 0.5) is 0 Å². The number of hydrogen-bond acceptors (Lipinski definition) is 3. The van der Waals surface area contributed by atoms with Crippen molar-refractivity contribution in [1.29, 1.82) is 0 Å². The summed E-state index contributed by atoms with van der Waals surface area (Å²) in [6, 6.07) is 8.56. The van der Waals surface area contributed by atoms with Crippen LogP contribution in [0.15, 0.2) is 24.3 Å². The number of hydrogen-bond donors (Lipinski definition) is 1. The Bertz CT molecular complexity index is 684. The van der Waals surface area contributed by atoms with Gasteiger partial charge >= 0.3 is 0 Å². The number of rotatable bonds is 4. The first-order chi connectivity index (χ1) is 12.6. The van der Waals surface area contributed by atoms with Gasteiger partial charge in [0, 0.05) is 30.2 Å². The summed E-state index contributed by atoms with van der Waals surface area (Å²) in [7, 11) is 0. The van der Waals surface area contributed by atoms with Crippen LogP contribution in [0, 0.1) is 5.92 Å². The van der Waals surface area contributed by atoms with Gasteiger partial charge in [0.15, 0.2) is 0 Å². The number of morpholine rings is 1. The molecule has 5 heteroatoms. The zero-order valence-electron chi connectivity index (χ0n) is 15.1. The molecule has 1 N–H and O–H groups in total. The number of nitrogens with one attached hydrogen (secondary N) is 1. The van der Waals surface area contributed by atoms with E-state index in [0.29, 0.717) is 12.1 Å². The topological polar surface area (TPSA) is 41.6 Å². The minimum absolute atomic E-state index is 0.204. The molecule has 5 rings (SSSR count). The second-order valence-corrected chi connectivity index (χ2v) is 9.10. The van der Waals surface area contributed by atoms with E-state index in [4.69, 9.17) is 16.3 Å². The highest BCUT2D eigenvalue weighted by Crippen LogP contribution is 2.44. The molecule has 26 heavy (non-hydrogen) atoms. The molecular weight excluding hydrogens is 348 g/mol. The number of fused-ring (bicyclic) bond motifs is 1. The molecule has 0 radical (unpaired) electrons. The molecule has 4 fully saturated rings. The lowest BCUT2D eigenvalue weighted by molar-refractivity contribution is -0.130. The van der Waals surface area contributed by atoms with Gasteiger partial charge < -0.3 is 10.1 Å². The van der Waals surface area contributed by atoms with Crippen LogP contribution in [0.5, 0.6) is 0 Å². The van der Waals surface area contributed by atoms with Crippen molar-refractivity contribution < 1.29 is 9.53 Å². The predicted octanol–water partition coefficient (Wildman–Crippen LogP) is 3.13. The average molecular weight is 375 g/mol. The fourth-order valence-corrected chi connectivity index (χ4v) is 5.15. The van der Waals surface area contributed by atoms with Crippen molar-refractivity contribution in [2.45, 2.75) is 62.1 Å². The molecule has 0 bridgehead atoms. The SMILES string of the molecule is O=C(N[C@H]1C[C@H]2CO[C@H](C3CC3)CN2C1)C1(c2ccc(Cl)cc2)CCC1. The first kappa shape index (κ1) is 17.0. The van der Waals surface area contributed by atoms with E-state index in [2.05, 4.69) is 10.2 Å². The Hall–Kier alpha value is -1.10. The maximum atomic E-state index is 13.2. The summed E-state index contributed by atoms with van der Waals surface area (Å²) in [4.78, 5) is 15.7. The van der Waals surface area contributed by atoms with E-state index in [1.165, 1.54) is 12.8 Å². The fraction of sp³-hybridized carbons (Fsp3) is 0.667. The quantitative estimate of drug-likeness (QED) is 0.880. The number of amides is 1. The van der Waals surface area contributed by atoms with Crippen molar-refractivity contribution in [3.8, 4) is 0 Å². The van der Waals surface area contributed by atoms with Gasteiger partial charge in [-0.3, -0.25) is 9.69 Å². The van der Waals surface area contributed by atoms with Crippen LogP contribution in [-0.2, 0) is 14.9 Å². The zero-order chi connectivity index (χ0) is 17.7. The first-order valence-corrected chi connectivity index (χ1v) is 10.4. The molecule has 3 atom stereocenters. The van der Waals surface area contributed by atoms with Crippen LogP contribution in [-0.4, -0.2) is 48.7 Å². The Kier molecular flexibility index (Phi) is 4.26. The molecule has 0 spiro atoms. The third kappa shape index (κ3) is 2.96. The maximum absolute atomic E-state index is 13.2. The second kappa shape index (κ2) is 6.50. The largest absolute Gasteiger partial charge is 0.375 e. The van der Waals surface area contributed by atoms with E-state index in [-0.39, 0.29) is 17.4 Å². The Morgan fingerprint density at radius 2 is 1.96 bits per heavy atom. The predicted molar refractivity (Wildman–Crippen MR) is 101 cm³/mol. The number of benzene rings is 1. The third-order valence-corrected chi connectivity index (χ3v) is 7.22. The molecule has 2 aliphatic carbocycles. The highest BCUT2D eigenvalue weighted by molar-refractivity contribution is 6.30. The summed E-state index contributed by atoms with van der Waals surface area (Å²) in [5.74, 6) is 0.989. The van der Waals surface area contributed by atoms with Gasteiger partial charge in [0.05, 0.1) is 18.1 Å². The maximum Gasteiger partial charge on any atom is 0.230 e. The highest BCUT2D eigenvalue weighted by Gasteiger charge is 2.48. The Balaban J connectivity index is 1.24. The number of nitrogens with zero attached hydrogens (tertiary/aromatic N) is 1. The van der Waals surface area contributed by atoms with E-state index in [1.807, 2.05) is 24.3 Å². The summed E-state index contributed by atoms with van der Waals surface area (Å²) in [6.07, 6.45) is 7.08. The van der Waals surface area contributed by atoms with E-state index >= 15 is 0 Å². The molecule has 2 saturated carbocycles. The number of ether oxygens (including phenoxy) is 1. The molecular formula is C21H27ClN2O2. The average Bonchev–Trinajstić information content (AvgIpc) is 3.36. The monoisotopic (exact) mass is 374 g/mol. The van der Waals surface area contributed by atoms with Crippen molar-refractivity contribution in [3.63, 3.8) is 0 Å². The van der Waals surface area contributed by atoms with Crippen molar-refractivity contribution in [2.75, 3.05) is 19.7 Å². The lowest BCUT2D eigenvalue weighted by Gasteiger charge is -2.41. The van der Waals surface area contributed by atoms with Crippen LogP contribution in [0.3, 0.4) is 0 Å². The summed E-state index contributed by atoms with van der Waals surface area (Å²) >= 11 is 6.03. The molecule has 2 saturated heterocycles. The Labute approximate surface area is 160 Å². The van der Waals surface area contributed by atoms with Gasteiger partial charge in [-0.1, -0.05) is 30.2 Å². The molecule has 140 valence electrons. The Morgan fingerprint density at radius 3 is 2.62 bits per heavy atom. The van der Waals surface area contributed by atoms with Crippen LogP contribution >= 0.6 is 11.6 Å². The van der Waals surface area contributed by atoms with Gasteiger partial charge in [0.25, 0.3) is 0 Å². The molecule has 1 aromatic rings. The molecule has 1 amide bonds. The van der Waals surface area contributed by atoms with E-state index in [9.17, 15) is 4.79 Å². The van der Waals surface area contributed by atoms with Gasteiger partial charge in [-0.25, -0.2) is 0 Å². The molecule has 2 aliphatic heterocycles. The number of halogens is 1. The zero-order valence-corrected chi connectivity index (χ0v) is 15.9. The van der Waals surface area contributed by atoms with Crippen LogP contribution < -0.4 is 5.32 Å². The van der Waals surface area contributed by atoms with Gasteiger partial charge in [0.1, 0.15) is 0 Å². The first-order valence-electron chi connectivity index (χ1n) is 10.1. The molecule has 4 aliphatic rings. The van der Waals surface area contributed by atoms with E-state index in [1.54, 1.807) is 0 Å². The molecule has 2 heterocycles. The van der Waals surface area contributed by atoms with E-state index < -0.39 is 0 Å². The smallest absolute Gasteiger partial charge is 0.230 e. The van der Waals surface area contributed by atoms with Gasteiger partial charge in [-0.2, -0.15) is 0 Å².